The summed E-state index contributed by atoms with van der Waals surface area (Å²) in [4.78, 5) is 32.1. The predicted molar refractivity (Wildman–Crippen MR) is 123 cm³/mol. The summed E-state index contributed by atoms with van der Waals surface area (Å²) >= 11 is 0. The summed E-state index contributed by atoms with van der Waals surface area (Å²) in [6.45, 7) is -0.446. The summed E-state index contributed by atoms with van der Waals surface area (Å²) in [7, 11) is 0. The molecular weight excluding hydrogens is 534 g/mol. The molecular formula is C25H20F6N4O4. The topological polar surface area (TPSA) is 127 Å². The molecule has 2 amide bonds. The van der Waals surface area contributed by atoms with E-state index in [0.29, 0.717) is 0 Å². The van der Waals surface area contributed by atoms with Gasteiger partial charge in [0.15, 0.2) is 0 Å². The van der Waals surface area contributed by atoms with Gasteiger partial charge >= 0.3 is 6.18 Å². The highest BCUT2D eigenvalue weighted by molar-refractivity contribution is 5.94. The van der Waals surface area contributed by atoms with E-state index in [2.05, 4.69) is 9.97 Å². The lowest BCUT2D eigenvalue weighted by molar-refractivity contribution is -0.265. The fraction of sp³-hybridized carbons (Fsp3) is 0.280. The van der Waals surface area contributed by atoms with Crippen LogP contribution in [-0.4, -0.2) is 46.2 Å². The predicted octanol–water partition coefficient (Wildman–Crippen LogP) is 3.54. The van der Waals surface area contributed by atoms with E-state index in [1.165, 1.54) is 19.1 Å². The van der Waals surface area contributed by atoms with Crippen LogP contribution in [0.4, 0.5) is 26.3 Å². The van der Waals surface area contributed by atoms with Gasteiger partial charge in [-0.25, -0.2) is 18.2 Å². The minimum absolute atomic E-state index is 0.0783. The van der Waals surface area contributed by atoms with Crippen LogP contribution < -0.4 is 15.8 Å². The Bertz CT molecular complexity index is 1420. The van der Waals surface area contributed by atoms with E-state index in [-0.39, 0.29) is 34.7 Å². The first-order chi connectivity index (χ1) is 18.2. The number of benzene rings is 1. The average molecular weight is 554 g/mol. The summed E-state index contributed by atoms with van der Waals surface area (Å²) < 4.78 is 87.6. The lowest BCUT2D eigenvalue weighted by Gasteiger charge is -2.31. The van der Waals surface area contributed by atoms with Crippen LogP contribution in [0.5, 0.6) is 5.75 Å². The van der Waals surface area contributed by atoms with Crippen LogP contribution >= 0.6 is 0 Å². The van der Waals surface area contributed by atoms with Crippen molar-refractivity contribution in [3.63, 3.8) is 0 Å². The number of halogens is 6. The van der Waals surface area contributed by atoms with Crippen molar-refractivity contribution in [3.8, 4) is 17.0 Å². The standard InChI is InChI=1S/C25H20F6N4O4/c1-23(22(32)37)11-39-19-15(23)8-17(35-18(19)12-2-5-14(26)6-3-12)24(38,25(29,30)31)10-34-21(36)13-4-7-16(20(27)28)33-9-13/h2-9,20,38H,10-11H2,1H3,(H2,32,37)(H,34,36)/t23-,24?/m0/s1. The second kappa shape index (κ2) is 9.84. The maximum atomic E-state index is 14.4. The van der Waals surface area contributed by atoms with Gasteiger partial charge < -0.3 is 20.9 Å². The van der Waals surface area contributed by atoms with Crippen molar-refractivity contribution in [2.75, 3.05) is 13.2 Å². The van der Waals surface area contributed by atoms with E-state index in [0.717, 1.165) is 36.5 Å². The molecule has 0 spiro atoms. The number of ether oxygens (including phenoxy) is 1. The molecule has 4 N–H and O–H groups in total. The number of hydrogen-bond donors (Lipinski definition) is 3. The van der Waals surface area contributed by atoms with Gasteiger partial charge in [0.05, 0.1) is 17.8 Å². The number of nitrogens with one attached hydrogen (secondary N) is 1. The summed E-state index contributed by atoms with van der Waals surface area (Å²) in [5.41, 5.74) is -2.09. The molecule has 0 fully saturated rings. The number of amides is 2. The van der Waals surface area contributed by atoms with E-state index < -0.39 is 59.2 Å². The second-order valence-corrected chi connectivity index (χ2v) is 9.04. The van der Waals surface area contributed by atoms with Gasteiger partial charge in [0.1, 0.15) is 35.0 Å². The number of carbonyl (C=O) groups excluding carboxylic acids is 2. The largest absolute Gasteiger partial charge is 0.489 e. The molecule has 3 aromatic rings. The molecule has 0 bridgehead atoms. The SMILES string of the molecule is C[C@]1(C(N)=O)COc2c1cc(C(O)(CNC(=O)c1ccc(C(F)F)nc1)C(F)(F)F)nc2-c1ccc(F)cc1. The number of carbonyl (C=O) groups is 2. The monoisotopic (exact) mass is 554 g/mol. The highest BCUT2D eigenvalue weighted by Gasteiger charge is 2.57. The summed E-state index contributed by atoms with van der Waals surface area (Å²) in [6.07, 6.45) is -7.59. The molecule has 1 aromatic carbocycles. The van der Waals surface area contributed by atoms with E-state index in [1.807, 2.05) is 5.32 Å². The molecule has 0 aliphatic carbocycles. The number of pyridine rings is 2. The zero-order valence-electron chi connectivity index (χ0n) is 20.0. The van der Waals surface area contributed by atoms with Crippen LogP contribution in [-0.2, 0) is 15.8 Å². The molecule has 206 valence electrons. The zero-order chi connectivity index (χ0) is 28.8. The number of hydrogen-bond acceptors (Lipinski definition) is 6. The van der Waals surface area contributed by atoms with Gasteiger partial charge in [-0.1, -0.05) is 0 Å². The minimum atomic E-state index is -5.41. The maximum absolute atomic E-state index is 14.4. The van der Waals surface area contributed by atoms with Crippen molar-refractivity contribution < 1.29 is 45.8 Å². The highest BCUT2D eigenvalue weighted by Crippen LogP contribution is 2.47. The number of nitrogens with zero attached hydrogens (tertiary/aromatic N) is 2. The van der Waals surface area contributed by atoms with Gasteiger partial charge in [-0.15, -0.1) is 0 Å². The highest BCUT2D eigenvalue weighted by atomic mass is 19.4. The van der Waals surface area contributed by atoms with Crippen LogP contribution in [0.2, 0.25) is 0 Å². The van der Waals surface area contributed by atoms with Crippen molar-refractivity contribution in [2.24, 2.45) is 5.73 Å². The quantitative estimate of drug-likeness (QED) is 0.384. The van der Waals surface area contributed by atoms with Gasteiger partial charge in [-0.2, -0.15) is 13.2 Å². The number of alkyl halides is 5. The fourth-order valence-electron chi connectivity index (χ4n) is 3.92. The minimum Gasteiger partial charge on any atom is -0.489 e. The smallest absolute Gasteiger partial charge is 0.424 e. The summed E-state index contributed by atoms with van der Waals surface area (Å²) in [5.74, 6) is -2.78. The first kappa shape index (κ1) is 27.8. The molecule has 2 atom stereocenters. The third-order valence-electron chi connectivity index (χ3n) is 6.40. The Labute approximate surface area is 216 Å². The molecule has 1 aliphatic heterocycles. The number of aromatic nitrogens is 2. The third-order valence-corrected chi connectivity index (χ3v) is 6.40. The number of aliphatic hydroxyl groups is 1. The molecule has 1 aliphatic rings. The molecule has 1 unspecified atom stereocenters. The van der Waals surface area contributed by atoms with Gasteiger partial charge in [0.2, 0.25) is 11.5 Å². The Hall–Kier alpha value is -4.20. The zero-order valence-corrected chi connectivity index (χ0v) is 20.0. The van der Waals surface area contributed by atoms with Crippen LogP contribution in [0, 0.1) is 5.82 Å². The van der Waals surface area contributed by atoms with Gasteiger partial charge in [-0.05, 0) is 49.4 Å². The summed E-state index contributed by atoms with van der Waals surface area (Å²) in [5, 5.41) is 12.9. The molecule has 2 aromatic heterocycles. The van der Waals surface area contributed by atoms with Crippen LogP contribution in [0.3, 0.4) is 0 Å². The van der Waals surface area contributed by atoms with Crippen LogP contribution in [0.15, 0.2) is 48.7 Å². The lowest BCUT2D eigenvalue weighted by atomic mass is 9.81. The van der Waals surface area contributed by atoms with Crippen molar-refractivity contribution in [3.05, 3.63) is 77.0 Å². The van der Waals surface area contributed by atoms with E-state index in [1.54, 1.807) is 0 Å². The van der Waals surface area contributed by atoms with E-state index in [4.69, 9.17) is 10.5 Å². The summed E-state index contributed by atoms with van der Waals surface area (Å²) in [6, 6.07) is 7.08. The maximum Gasteiger partial charge on any atom is 0.424 e. The van der Waals surface area contributed by atoms with Gasteiger partial charge in [-0.3, -0.25) is 14.6 Å². The average Bonchev–Trinajstić information content (AvgIpc) is 3.24. The van der Waals surface area contributed by atoms with Crippen molar-refractivity contribution >= 4 is 11.8 Å². The molecule has 14 heteroatoms. The molecule has 4 rings (SSSR count). The Morgan fingerprint density at radius 1 is 1.18 bits per heavy atom. The number of rotatable bonds is 7. The van der Waals surface area contributed by atoms with Gasteiger partial charge in [0, 0.05) is 17.3 Å². The molecule has 0 saturated carbocycles. The van der Waals surface area contributed by atoms with E-state index >= 15 is 0 Å². The van der Waals surface area contributed by atoms with Crippen LogP contribution in [0.25, 0.3) is 11.3 Å². The molecule has 39 heavy (non-hydrogen) atoms. The first-order valence-electron chi connectivity index (χ1n) is 11.2. The molecule has 3 heterocycles. The third kappa shape index (κ3) is 4.99. The fourth-order valence-corrected chi connectivity index (χ4v) is 3.92. The number of primary amides is 1. The first-order valence-corrected chi connectivity index (χ1v) is 11.2. The Balaban J connectivity index is 1.79. The Morgan fingerprint density at radius 2 is 1.85 bits per heavy atom. The second-order valence-electron chi connectivity index (χ2n) is 9.04. The van der Waals surface area contributed by atoms with Crippen LogP contribution in [0.1, 0.15) is 40.7 Å². The normalized spacial score (nSPS) is 18.3. The Kier molecular flexibility index (Phi) is 7.02. The molecule has 0 radical (unpaired) electrons. The van der Waals surface area contributed by atoms with E-state index in [9.17, 15) is 41.0 Å². The van der Waals surface area contributed by atoms with Crippen molar-refractivity contribution in [1.82, 2.24) is 15.3 Å². The number of fused-ring (bicyclic) bond motifs is 1. The van der Waals surface area contributed by atoms with Crippen molar-refractivity contribution in [2.45, 2.75) is 30.5 Å². The van der Waals surface area contributed by atoms with Gasteiger partial charge in [0.25, 0.3) is 12.3 Å². The number of nitrogens with two attached hydrogens (primary N) is 1. The molecule has 8 nitrogen and oxygen atoms in total. The van der Waals surface area contributed by atoms with Crippen molar-refractivity contribution in [1.29, 1.82) is 0 Å². The lowest BCUT2D eigenvalue weighted by Crippen LogP contribution is -2.51. The molecule has 0 saturated heterocycles. The Morgan fingerprint density at radius 3 is 2.38 bits per heavy atom.